The van der Waals surface area contributed by atoms with Gasteiger partial charge in [0.1, 0.15) is 11.7 Å². The van der Waals surface area contributed by atoms with Gasteiger partial charge in [-0.1, -0.05) is 48.6 Å². The lowest BCUT2D eigenvalue weighted by Crippen LogP contribution is -2.13. The molecule has 24 heavy (non-hydrogen) atoms. The van der Waals surface area contributed by atoms with E-state index in [0.717, 1.165) is 11.1 Å². The normalized spacial score (nSPS) is 10.5. The number of hydrogen-bond donors (Lipinski definition) is 5. The third kappa shape index (κ3) is 4.30. The van der Waals surface area contributed by atoms with E-state index in [0.29, 0.717) is 16.8 Å². The van der Waals surface area contributed by atoms with Crippen molar-refractivity contribution in [1.82, 2.24) is 0 Å². The van der Waals surface area contributed by atoms with E-state index in [-0.39, 0.29) is 17.6 Å². The molecule has 0 aliphatic carbocycles. The van der Waals surface area contributed by atoms with Gasteiger partial charge in [-0.2, -0.15) is 0 Å². The maximum absolute atomic E-state index is 11.4. The van der Waals surface area contributed by atoms with Crippen molar-refractivity contribution in [2.75, 3.05) is 5.32 Å². The van der Waals surface area contributed by atoms with E-state index >= 15 is 0 Å². The third-order valence-corrected chi connectivity index (χ3v) is 3.35. The first-order chi connectivity index (χ1) is 11.4. The summed E-state index contributed by atoms with van der Waals surface area (Å²) in [5.41, 5.74) is 14.5. The molecule has 2 aromatic carbocycles. The van der Waals surface area contributed by atoms with Crippen LogP contribution in [0.25, 0.3) is 12.2 Å². The summed E-state index contributed by atoms with van der Waals surface area (Å²) in [6.07, 6.45) is 3.75. The molecule has 0 bridgehead atoms. The van der Waals surface area contributed by atoms with Gasteiger partial charge >= 0.3 is 0 Å². The first-order valence-electron chi connectivity index (χ1n) is 7.25. The Labute approximate surface area is 140 Å². The third-order valence-electron chi connectivity index (χ3n) is 3.35. The van der Waals surface area contributed by atoms with Crippen molar-refractivity contribution in [3.8, 4) is 0 Å². The van der Waals surface area contributed by atoms with E-state index in [2.05, 4.69) is 5.32 Å². The highest BCUT2D eigenvalue weighted by Gasteiger charge is 2.05. The van der Waals surface area contributed by atoms with E-state index in [1.54, 1.807) is 30.3 Å². The molecule has 0 saturated heterocycles. The molecule has 6 nitrogen and oxygen atoms in total. The van der Waals surface area contributed by atoms with Crippen LogP contribution in [0.2, 0.25) is 0 Å². The summed E-state index contributed by atoms with van der Waals surface area (Å²) in [4.78, 5) is 11.4. The first-order valence-corrected chi connectivity index (χ1v) is 7.25. The zero-order valence-electron chi connectivity index (χ0n) is 13.3. The summed E-state index contributed by atoms with van der Waals surface area (Å²) in [6.45, 7) is 1.43. The fraction of sp³-hybridized carbons (Fsp3) is 0.0556. The van der Waals surface area contributed by atoms with Crippen molar-refractivity contribution in [3.63, 3.8) is 0 Å². The molecule has 2 aromatic rings. The van der Waals surface area contributed by atoms with Gasteiger partial charge in [0.2, 0.25) is 5.91 Å². The Morgan fingerprint density at radius 1 is 0.958 bits per heavy atom. The summed E-state index contributed by atoms with van der Waals surface area (Å²) < 4.78 is 0. The Bertz CT molecular complexity index is 822. The maximum atomic E-state index is 11.4. The van der Waals surface area contributed by atoms with Crippen LogP contribution in [-0.2, 0) is 4.79 Å². The van der Waals surface area contributed by atoms with Crippen LogP contribution < -0.4 is 16.8 Å². The van der Waals surface area contributed by atoms with E-state index in [9.17, 15) is 4.79 Å². The molecule has 0 aliphatic heterocycles. The zero-order valence-corrected chi connectivity index (χ0v) is 13.3. The predicted molar refractivity (Wildman–Crippen MR) is 98.1 cm³/mol. The lowest BCUT2D eigenvalue weighted by Gasteiger charge is -2.09. The number of anilines is 1. The maximum Gasteiger partial charge on any atom is 0.221 e. The van der Waals surface area contributed by atoms with Crippen molar-refractivity contribution < 1.29 is 4.79 Å². The monoisotopic (exact) mass is 321 g/mol. The number of rotatable bonds is 5. The first kappa shape index (κ1) is 17.0. The van der Waals surface area contributed by atoms with Gasteiger partial charge in [-0.3, -0.25) is 15.6 Å². The number of carbonyl (C=O) groups is 1. The number of hydrogen-bond acceptors (Lipinski definition) is 3. The van der Waals surface area contributed by atoms with Gasteiger partial charge in [-0.05, 0) is 17.2 Å². The van der Waals surface area contributed by atoms with Gasteiger partial charge in [0.25, 0.3) is 0 Å². The minimum absolute atomic E-state index is 0.0262. The standard InChI is InChI=1S/C18H19N5O/c1-11(24)23-16-10-15(18(21)22)9-8-13(16)5-2-12-3-6-14(7-4-12)17(19)20/h2-10H,1H3,(H3,19,20)(H3,21,22)(H,23,24)/b5-2-. The average molecular weight is 321 g/mol. The number of amides is 1. The van der Waals surface area contributed by atoms with Crippen LogP contribution in [-0.4, -0.2) is 17.6 Å². The predicted octanol–water partition coefficient (Wildman–Crippen LogP) is 2.38. The molecule has 2 rings (SSSR count). The number of nitrogens with one attached hydrogen (secondary N) is 3. The second kappa shape index (κ2) is 7.23. The van der Waals surface area contributed by atoms with Gasteiger partial charge in [-0.15, -0.1) is 0 Å². The lowest BCUT2D eigenvalue weighted by atomic mass is 10.1. The Balaban J connectivity index is 2.31. The molecule has 0 saturated carbocycles. The second-order valence-corrected chi connectivity index (χ2v) is 5.27. The molecule has 0 atom stereocenters. The lowest BCUT2D eigenvalue weighted by molar-refractivity contribution is -0.114. The second-order valence-electron chi connectivity index (χ2n) is 5.27. The number of amidine groups is 2. The van der Waals surface area contributed by atoms with Crippen molar-refractivity contribution >= 4 is 35.4 Å². The van der Waals surface area contributed by atoms with Gasteiger partial charge in [-0.25, -0.2) is 0 Å². The van der Waals surface area contributed by atoms with Gasteiger partial charge in [0.15, 0.2) is 0 Å². The molecule has 7 N–H and O–H groups in total. The van der Waals surface area contributed by atoms with E-state index in [4.69, 9.17) is 22.3 Å². The van der Waals surface area contributed by atoms with Crippen LogP contribution in [0.15, 0.2) is 42.5 Å². The quantitative estimate of drug-likeness (QED) is 0.329. The summed E-state index contributed by atoms with van der Waals surface area (Å²) in [5.74, 6) is -0.230. The summed E-state index contributed by atoms with van der Waals surface area (Å²) >= 11 is 0. The smallest absolute Gasteiger partial charge is 0.221 e. The molecule has 0 aliphatic rings. The van der Waals surface area contributed by atoms with Gasteiger partial charge in [0, 0.05) is 23.7 Å². The molecule has 1 amide bonds. The Morgan fingerprint density at radius 2 is 1.54 bits per heavy atom. The highest BCUT2D eigenvalue weighted by Crippen LogP contribution is 2.21. The molecule has 0 unspecified atom stereocenters. The minimum Gasteiger partial charge on any atom is -0.384 e. The van der Waals surface area contributed by atoms with Crippen molar-refractivity contribution in [2.24, 2.45) is 11.5 Å². The summed E-state index contributed by atoms with van der Waals surface area (Å²) in [7, 11) is 0. The summed E-state index contributed by atoms with van der Waals surface area (Å²) in [6, 6.07) is 12.5. The van der Waals surface area contributed by atoms with E-state index < -0.39 is 0 Å². The Hall–Kier alpha value is -3.41. The molecule has 0 fully saturated rings. The average Bonchev–Trinajstić information content (AvgIpc) is 2.53. The molecule has 0 radical (unpaired) electrons. The topological polar surface area (TPSA) is 129 Å². The number of nitrogen functional groups attached to an aromatic ring is 2. The van der Waals surface area contributed by atoms with Crippen LogP contribution >= 0.6 is 0 Å². The van der Waals surface area contributed by atoms with Crippen LogP contribution in [0.4, 0.5) is 5.69 Å². The van der Waals surface area contributed by atoms with Crippen LogP contribution in [0.5, 0.6) is 0 Å². The molecule has 0 spiro atoms. The molecule has 0 heterocycles. The molecule has 0 aromatic heterocycles. The van der Waals surface area contributed by atoms with E-state index in [1.165, 1.54) is 6.92 Å². The molecular weight excluding hydrogens is 302 g/mol. The highest BCUT2D eigenvalue weighted by molar-refractivity contribution is 5.99. The SMILES string of the molecule is CC(=O)Nc1cc(C(=N)N)ccc1/C=C\c1ccc(C(=N)N)cc1. The van der Waals surface area contributed by atoms with Gasteiger partial charge in [0.05, 0.1) is 0 Å². The van der Waals surface area contributed by atoms with Crippen molar-refractivity contribution in [2.45, 2.75) is 6.92 Å². The van der Waals surface area contributed by atoms with Crippen LogP contribution in [0.3, 0.4) is 0 Å². The number of benzene rings is 2. The number of carbonyl (C=O) groups excluding carboxylic acids is 1. The van der Waals surface area contributed by atoms with Crippen LogP contribution in [0, 0.1) is 10.8 Å². The van der Waals surface area contributed by atoms with E-state index in [1.807, 2.05) is 24.3 Å². The van der Waals surface area contributed by atoms with Crippen LogP contribution in [0.1, 0.15) is 29.2 Å². The van der Waals surface area contributed by atoms with Gasteiger partial charge < -0.3 is 16.8 Å². The molecule has 6 heteroatoms. The Morgan fingerprint density at radius 3 is 2.08 bits per heavy atom. The highest BCUT2D eigenvalue weighted by atomic mass is 16.1. The van der Waals surface area contributed by atoms with Crippen molar-refractivity contribution in [3.05, 3.63) is 64.7 Å². The largest absolute Gasteiger partial charge is 0.384 e. The Kier molecular flexibility index (Phi) is 5.11. The molecule has 122 valence electrons. The fourth-order valence-electron chi connectivity index (χ4n) is 2.13. The minimum atomic E-state index is -0.198. The summed E-state index contributed by atoms with van der Waals surface area (Å²) in [5, 5.41) is 17.6. The fourth-order valence-corrected chi connectivity index (χ4v) is 2.13. The number of nitrogens with two attached hydrogens (primary N) is 2. The zero-order chi connectivity index (χ0) is 17.7. The molecular formula is C18H19N5O. The van der Waals surface area contributed by atoms with Crippen molar-refractivity contribution in [1.29, 1.82) is 10.8 Å².